The Morgan fingerprint density at radius 3 is 2.71 bits per heavy atom. The van der Waals surface area contributed by atoms with Gasteiger partial charge in [-0.25, -0.2) is 4.98 Å². The lowest BCUT2D eigenvalue weighted by molar-refractivity contribution is 0.412. The van der Waals surface area contributed by atoms with Crippen molar-refractivity contribution in [1.29, 1.82) is 0 Å². The standard InChI is InChI=1S/C12H13N3O2/c1-8-14-6-5-12(15-8)17-11-4-3-9(16-2)7-10(11)13/h3-7H,13H2,1-2H3. The minimum atomic E-state index is 0.467. The molecule has 0 aliphatic carbocycles. The van der Waals surface area contributed by atoms with Crippen LogP contribution in [0.2, 0.25) is 0 Å². The SMILES string of the molecule is COc1ccc(Oc2ccnc(C)n2)c(N)c1. The Morgan fingerprint density at radius 2 is 2.06 bits per heavy atom. The predicted molar refractivity (Wildman–Crippen MR) is 64.2 cm³/mol. The molecule has 2 N–H and O–H groups in total. The molecule has 17 heavy (non-hydrogen) atoms. The van der Waals surface area contributed by atoms with Gasteiger partial charge in [0.05, 0.1) is 12.8 Å². The minimum Gasteiger partial charge on any atom is -0.497 e. The summed E-state index contributed by atoms with van der Waals surface area (Å²) in [6.45, 7) is 1.80. The second-order valence-corrected chi connectivity index (χ2v) is 3.45. The normalized spacial score (nSPS) is 10.0. The highest BCUT2D eigenvalue weighted by Gasteiger charge is 2.05. The van der Waals surface area contributed by atoms with E-state index in [1.165, 1.54) is 0 Å². The zero-order valence-corrected chi connectivity index (χ0v) is 9.68. The van der Waals surface area contributed by atoms with E-state index in [4.69, 9.17) is 15.2 Å². The Labute approximate surface area is 99.2 Å². The lowest BCUT2D eigenvalue weighted by Crippen LogP contribution is -1.96. The Balaban J connectivity index is 2.24. The number of benzene rings is 1. The summed E-state index contributed by atoms with van der Waals surface area (Å²) in [5.74, 6) is 2.35. The van der Waals surface area contributed by atoms with Crippen molar-refractivity contribution in [3.8, 4) is 17.4 Å². The van der Waals surface area contributed by atoms with E-state index in [1.807, 2.05) is 0 Å². The first-order valence-corrected chi connectivity index (χ1v) is 5.10. The van der Waals surface area contributed by atoms with Crippen LogP contribution >= 0.6 is 0 Å². The molecule has 0 fully saturated rings. The molecule has 0 radical (unpaired) electrons. The molecule has 0 atom stereocenters. The molecule has 0 aliphatic heterocycles. The lowest BCUT2D eigenvalue weighted by Gasteiger charge is -2.08. The van der Waals surface area contributed by atoms with Crippen molar-refractivity contribution in [3.63, 3.8) is 0 Å². The van der Waals surface area contributed by atoms with Crippen molar-refractivity contribution >= 4 is 5.69 Å². The lowest BCUT2D eigenvalue weighted by atomic mass is 10.3. The van der Waals surface area contributed by atoms with Crippen molar-refractivity contribution in [2.45, 2.75) is 6.92 Å². The fourth-order valence-corrected chi connectivity index (χ4v) is 1.35. The van der Waals surface area contributed by atoms with Gasteiger partial charge in [0, 0.05) is 18.3 Å². The summed E-state index contributed by atoms with van der Waals surface area (Å²) in [4.78, 5) is 8.12. The van der Waals surface area contributed by atoms with E-state index in [1.54, 1.807) is 44.5 Å². The molecule has 0 saturated heterocycles. The first kappa shape index (κ1) is 11.2. The van der Waals surface area contributed by atoms with Gasteiger partial charge in [0.15, 0.2) is 5.75 Å². The third-order valence-electron chi connectivity index (χ3n) is 2.18. The molecule has 1 heterocycles. The third-order valence-corrected chi connectivity index (χ3v) is 2.18. The number of aromatic nitrogens is 2. The highest BCUT2D eigenvalue weighted by molar-refractivity contribution is 5.57. The van der Waals surface area contributed by atoms with Crippen LogP contribution in [0.4, 0.5) is 5.69 Å². The van der Waals surface area contributed by atoms with Crippen molar-refractivity contribution < 1.29 is 9.47 Å². The van der Waals surface area contributed by atoms with E-state index < -0.39 is 0 Å². The van der Waals surface area contributed by atoms with E-state index in [2.05, 4.69) is 9.97 Å². The molecule has 0 saturated carbocycles. The van der Waals surface area contributed by atoms with Gasteiger partial charge in [-0.1, -0.05) is 0 Å². The van der Waals surface area contributed by atoms with E-state index in [0.29, 0.717) is 28.9 Å². The van der Waals surface area contributed by atoms with Crippen LogP contribution in [0.5, 0.6) is 17.4 Å². The number of anilines is 1. The van der Waals surface area contributed by atoms with Gasteiger partial charge in [-0.05, 0) is 19.1 Å². The predicted octanol–water partition coefficient (Wildman–Crippen LogP) is 2.17. The molecule has 0 aliphatic rings. The second-order valence-electron chi connectivity index (χ2n) is 3.45. The van der Waals surface area contributed by atoms with Crippen LogP contribution in [0, 0.1) is 6.92 Å². The summed E-state index contributed by atoms with van der Waals surface area (Å²) in [7, 11) is 1.59. The zero-order chi connectivity index (χ0) is 12.3. The zero-order valence-electron chi connectivity index (χ0n) is 9.68. The van der Waals surface area contributed by atoms with Gasteiger partial charge < -0.3 is 15.2 Å². The Morgan fingerprint density at radius 1 is 1.24 bits per heavy atom. The van der Waals surface area contributed by atoms with Gasteiger partial charge in [0.1, 0.15) is 11.6 Å². The van der Waals surface area contributed by atoms with Gasteiger partial charge in [-0.3, -0.25) is 0 Å². The van der Waals surface area contributed by atoms with Crippen LogP contribution in [-0.2, 0) is 0 Å². The molecule has 5 nitrogen and oxygen atoms in total. The summed E-state index contributed by atoms with van der Waals surface area (Å²) in [6, 6.07) is 6.89. The fraction of sp³-hybridized carbons (Fsp3) is 0.167. The fourth-order valence-electron chi connectivity index (χ4n) is 1.35. The molecule has 0 unspecified atom stereocenters. The van der Waals surface area contributed by atoms with Crippen LogP contribution in [-0.4, -0.2) is 17.1 Å². The van der Waals surface area contributed by atoms with Gasteiger partial charge in [-0.2, -0.15) is 4.98 Å². The number of rotatable bonds is 3. The van der Waals surface area contributed by atoms with Gasteiger partial charge >= 0.3 is 0 Å². The van der Waals surface area contributed by atoms with Crippen LogP contribution < -0.4 is 15.2 Å². The highest BCUT2D eigenvalue weighted by atomic mass is 16.5. The van der Waals surface area contributed by atoms with Crippen molar-refractivity contribution in [2.75, 3.05) is 12.8 Å². The average Bonchev–Trinajstić information content (AvgIpc) is 2.32. The molecule has 1 aromatic heterocycles. The second kappa shape index (κ2) is 4.69. The number of nitrogens with zero attached hydrogens (tertiary/aromatic N) is 2. The number of hydrogen-bond donors (Lipinski definition) is 1. The molecular weight excluding hydrogens is 218 g/mol. The van der Waals surface area contributed by atoms with Crippen LogP contribution in [0.3, 0.4) is 0 Å². The molecular formula is C12H13N3O2. The first-order chi connectivity index (χ1) is 8.19. The topological polar surface area (TPSA) is 70.3 Å². The Kier molecular flexibility index (Phi) is 3.09. The van der Waals surface area contributed by atoms with Crippen molar-refractivity contribution in [3.05, 3.63) is 36.3 Å². The van der Waals surface area contributed by atoms with Crippen LogP contribution in [0.1, 0.15) is 5.82 Å². The van der Waals surface area contributed by atoms with Gasteiger partial charge in [0.2, 0.25) is 5.88 Å². The monoisotopic (exact) mass is 231 g/mol. The largest absolute Gasteiger partial charge is 0.497 e. The number of methoxy groups -OCH3 is 1. The summed E-state index contributed by atoms with van der Waals surface area (Å²) in [5, 5.41) is 0. The summed E-state index contributed by atoms with van der Waals surface area (Å²) >= 11 is 0. The Bertz CT molecular complexity index is 529. The summed E-state index contributed by atoms with van der Waals surface area (Å²) in [6.07, 6.45) is 1.64. The molecule has 2 rings (SSSR count). The molecule has 5 heteroatoms. The van der Waals surface area contributed by atoms with E-state index in [0.717, 1.165) is 0 Å². The molecule has 0 bridgehead atoms. The van der Waals surface area contributed by atoms with E-state index in [9.17, 15) is 0 Å². The molecule has 0 amide bonds. The highest BCUT2D eigenvalue weighted by Crippen LogP contribution is 2.29. The van der Waals surface area contributed by atoms with Gasteiger partial charge in [0.25, 0.3) is 0 Å². The maximum Gasteiger partial charge on any atom is 0.222 e. The van der Waals surface area contributed by atoms with E-state index >= 15 is 0 Å². The summed E-state index contributed by atoms with van der Waals surface area (Å²) < 4.78 is 10.6. The summed E-state index contributed by atoms with van der Waals surface area (Å²) in [5.41, 5.74) is 6.34. The maximum absolute atomic E-state index is 5.83. The van der Waals surface area contributed by atoms with Gasteiger partial charge in [-0.15, -0.1) is 0 Å². The van der Waals surface area contributed by atoms with Crippen LogP contribution in [0.25, 0.3) is 0 Å². The van der Waals surface area contributed by atoms with E-state index in [-0.39, 0.29) is 0 Å². The molecule has 0 spiro atoms. The molecule has 88 valence electrons. The van der Waals surface area contributed by atoms with Crippen LogP contribution in [0.15, 0.2) is 30.5 Å². The molecule has 2 aromatic rings. The average molecular weight is 231 g/mol. The Hall–Kier alpha value is -2.30. The maximum atomic E-state index is 5.83. The smallest absolute Gasteiger partial charge is 0.222 e. The number of nitrogen functional groups attached to an aromatic ring is 1. The quantitative estimate of drug-likeness (QED) is 0.820. The number of hydrogen-bond acceptors (Lipinski definition) is 5. The minimum absolute atomic E-state index is 0.467. The number of aryl methyl sites for hydroxylation is 1. The van der Waals surface area contributed by atoms with Crippen molar-refractivity contribution in [2.24, 2.45) is 0 Å². The third kappa shape index (κ3) is 2.63. The van der Waals surface area contributed by atoms with Crippen molar-refractivity contribution in [1.82, 2.24) is 9.97 Å². The number of nitrogens with two attached hydrogens (primary N) is 1. The molecule has 1 aromatic carbocycles. The number of ether oxygens (including phenoxy) is 2. The first-order valence-electron chi connectivity index (χ1n) is 5.10.